The fourth-order valence-corrected chi connectivity index (χ4v) is 10.2. The van der Waals surface area contributed by atoms with Crippen LogP contribution >= 0.6 is 0 Å². The van der Waals surface area contributed by atoms with Gasteiger partial charge in [-0.3, -0.25) is 0 Å². The highest BCUT2D eigenvalue weighted by atomic mass is 16.5. The molecule has 1 heterocycles. The van der Waals surface area contributed by atoms with E-state index in [9.17, 15) is 9.90 Å². The number of carbonyl (C=O) groups excluding carboxylic acids is 1. The molecule has 0 bridgehead atoms. The van der Waals surface area contributed by atoms with Crippen LogP contribution in [0.4, 0.5) is 0 Å². The molecule has 208 valence electrons. The Balaban J connectivity index is 1.09. The van der Waals surface area contributed by atoms with E-state index >= 15 is 0 Å². The number of aliphatic carboxylic acids is 1. The zero-order valence-corrected chi connectivity index (χ0v) is 23.6. The average Bonchev–Trinajstić information content (AvgIpc) is 3.47. The molecule has 5 heteroatoms. The van der Waals surface area contributed by atoms with E-state index in [-0.39, 0.29) is 12.5 Å². The first kappa shape index (κ1) is 26.3. The first-order chi connectivity index (χ1) is 18.3. The van der Waals surface area contributed by atoms with Crippen molar-refractivity contribution in [2.45, 2.75) is 104 Å². The van der Waals surface area contributed by atoms with Crippen molar-refractivity contribution in [1.29, 1.82) is 0 Å². The zero-order chi connectivity index (χ0) is 26.5. The Morgan fingerprint density at radius 3 is 2.68 bits per heavy atom. The van der Waals surface area contributed by atoms with Crippen LogP contribution < -0.4 is 5.11 Å². The first-order valence-corrected chi connectivity index (χ1v) is 15.4. The summed E-state index contributed by atoms with van der Waals surface area (Å²) in [5.41, 5.74) is 2.78. The standard InChI is InChI=1S/C33H47NO4/c1-21(8-13-30-34-28-6-4-5-7-29(28)38-30)25-11-12-26-24-10-9-22-20-23(37-19-16-31(35)36)14-17-32(22,2)27(24)15-18-33(25,26)3/h4-7,21-27H,8-20H2,1-3H3,(H,35,36)/p-1/t21?,22-,23?,24?,25?,26?,27?,32+,33-/m1/s1. The van der Waals surface area contributed by atoms with Crippen LogP contribution in [0.5, 0.6) is 0 Å². The minimum Gasteiger partial charge on any atom is -0.550 e. The highest BCUT2D eigenvalue weighted by Crippen LogP contribution is 2.68. The minimum absolute atomic E-state index is 0.0117. The number of aromatic nitrogens is 1. The van der Waals surface area contributed by atoms with Crippen molar-refractivity contribution in [2.75, 3.05) is 6.61 Å². The molecule has 9 atom stereocenters. The van der Waals surface area contributed by atoms with Gasteiger partial charge in [-0.2, -0.15) is 0 Å². The van der Waals surface area contributed by atoms with E-state index in [2.05, 4.69) is 20.8 Å². The number of oxazole rings is 1. The molecule has 38 heavy (non-hydrogen) atoms. The van der Waals surface area contributed by atoms with Crippen molar-refractivity contribution in [3.8, 4) is 0 Å². The molecule has 0 aliphatic heterocycles. The van der Waals surface area contributed by atoms with E-state index < -0.39 is 5.97 Å². The van der Waals surface area contributed by atoms with Gasteiger partial charge in [-0.15, -0.1) is 0 Å². The molecule has 0 spiro atoms. The van der Waals surface area contributed by atoms with Gasteiger partial charge in [0, 0.05) is 18.8 Å². The molecule has 1 aromatic heterocycles. The number of fused-ring (bicyclic) bond motifs is 6. The summed E-state index contributed by atoms with van der Waals surface area (Å²) in [7, 11) is 0. The van der Waals surface area contributed by atoms with Crippen LogP contribution in [0.3, 0.4) is 0 Å². The average molecular weight is 521 g/mol. The van der Waals surface area contributed by atoms with E-state index in [1.54, 1.807) is 0 Å². The number of carboxylic acid groups (broad SMARTS) is 1. The normalized spacial score (nSPS) is 39.3. The van der Waals surface area contributed by atoms with Crippen LogP contribution in [-0.2, 0) is 16.0 Å². The summed E-state index contributed by atoms with van der Waals surface area (Å²) >= 11 is 0. The molecule has 1 aromatic carbocycles. The van der Waals surface area contributed by atoms with E-state index in [0.717, 1.165) is 72.3 Å². The Hall–Kier alpha value is -1.88. The summed E-state index contributed by atoms with van der Waals surface area (Å²) in [6.07, 6.45) is 14.0. The fourth-order valence-electron chi connectivity index (χ4n) is 10.2. The summed E-state index contributed by atoms with van der Waals surface area (Å²) < 4.78 is 12.0. The van der Waals surface area contributed by atoms with Crippen LogP contribution in [0.15, 0.2) is 28.7 Å². The predicted octanol–water partition coefficient (Wildman–Crippen LogP) is 6.58. The quantitative estimate of drug-likeness (QED) is 0.393. The van der Waals surface area contributed by atoms with E-state index in [4.69, 9.17) is 14.1 Å². The molecule has 4 aliphatic carbocycles. The third-order valence-electron chi connectivity index (χ3n) is 12.2. The predicted molar refractivity (Wildman–Crippen MR) is 146 cm³/mol. The van der Waals surface area contributed by atoms with Gasteiger partial charge in [-0.05, 0) is 123 Å². The Kier molecular flexibility index (Phi) is 7.12. The van der Waals surface area contributed by atoms with Crippen LogP contribution in [0, 0.1) is 46.3 Å². The monoisotopic (exact) mass is 520 g/mol. The molecule has 4 saturated carbocycles. The smallest absolute Gasteiger partial charge is 0.195 e. The van der Waals surface area contributed by atoms with Crippen LogP contribution in [0.1, 0.15) is 97.3 Å². The van der Waals surface area contributed by atoms with Crippen molar-refractivity contribution >= 4 is 17.1 Å². The Morgan fingerprint density at radius 1 is 1.08 bits per heavy atom. The second kappa shape index (κ2) is 10.3. The lowest BCUT2D eigenvalue weighted by Gasteiger charge is -2.61. The molecule has 0 saturated heterocycles. The third-order valence-corrected chi connectivity index (χ3v) is 12.2. The van der Waals surface area contributed by atoms with Gasteiger partial charge < -0.3 is 19.1 Å². The largest absolute Gasteiger partial charge is 0.550 e. The topological polar surface area (TPSA) is 75.4 Å². The lowest BCUT2D eigenvalue weighted by molar-refractivity contribution is -0.306. The molecule has 6 rings (SSSR count). The second-order valence-electron chi connectivity index (χ2n) is 13.9. The van der Waals surface area contributed by atoms with Crippen LogP contribution in [0.25, 0.3) is 11.1 Å². The molecule has 0 radical (unpaired) electrons. The maximum atomic E-state index is 10.8. The van der Waals surface area contributed by atoms with E-state index in [1.807, 2.05) is 24.3 Å². The second-order valence-corrected chi connectivity index (χ2v) is 13.9. The van der Waals surface area contributed by atoms with E-state index in [1.165, 1.54) is 44.9 Å². The van der Waals surface area contributed by atoms with Crippen molar-refractivity contribution in [1.82, 2.24) is 4.98 Å². The molecule has 0 amide bonds. The number of ether oxygens (including phenoxy) is 1. The highest BCUT2D eigenvalue weighted by Gasteiger charge is 2.60. The highest BCUT2D eigenvalue weighted by molar-refractivity contribution is 5.72. The van der Waals surface area contributed by atoms with Crippen molar-refractivity contribution in [3.05, 3.63) is 30.2 Å². The van der Waals surface area contributed by atoms with Crippen molar-refractivity contribution < 1.29 is 19.1 Å². The van der Waals surface area contributed by atoms with Gasteiger partial charge >= 0.3 is 0 Å². The maximum absolute atomic E-state index is 10.8. The van der Waals surface area contributed by atoms with Gasteiger partial charge in [0.25, 0.3) is 0 Å². The summed E-state index contributed by atoms with van der Waals surface area (Å²) in [5.74, 6) is 4.69. The van der Waals surface area contributed by atoms with Crippen molar-refractivity contribution in [2.24, 2.45) is 46.3 Å². The SMILES string of the molecule is CC(CCc1nc2ccccc2o1)C1CCC2C3CC[C@@H]4CC(OCCC(=O)[O-])CC[C@]4(C)C3CC[C@]12C. The summed E-state index contributed by atoms with van der Waals surface area (Å²) in [6, 6.07) is 8.10. The Bertz CT molecular complexity index is 1110. The Labute approximate surface area is 228 Å². The third kappa shape index (κ3) is 4.61. The Morgan fingerprint density at radius 2 is 1.87 bits per heavy atom. The van der Waals surface area contributed by atoms with E-state index in [0.29, 0.717) is 23.4 Å². The molecule has 4 fully saturated rings. The molecule has 0 N–H and O–H groups in total. The molecular formula is C33H46NO4-. The maximum Gasteiger partial charge on any atom is 0.195 e. The lowest BCUT2D eigenvalue weighted by atomic mass is 9.44. The molecule has 6 unspecified atom stereocenters. The number of hydrogen-bond acceptors (Lipinski definition) is 5. The minimum atomic E-state index is -1.01. The van der Waals surface area contributed by atoms with Gasteiger partial charge in [0.15, 0.2) is 11.5 Å². The lowest BCUT2D eigenvalue weighted by Crippen LogP contribution is -2.54. The number of carbonyl (C=O) groups is 1. The number of carboxylic acids is 1. The fraction of sp³-hybridized carbons (Fsp3) is 0.758. The summed E-state index contributed by atoms with van der Waals surface area (Å²) in [4.78, 5) is 15.5. The number of para-hydroxylation sites is 2. The van der Waals surface area contributed by atoms with Gasteiger partial charge in [0.1, 0.15) is 5.52 Å². The molecule has 2 aromatic rings. The molecule has 4 aliphatic rings. The van der Waals surface area contributed by atoms with Crippen LogP contribution in [0.2, 0.25) is 0 Å². The first-order valence-electron chi connectivity index (χ1n) is 15.4. The number of benzene rings is 1. The van der Waals surface area contributed by atoms with Gasteiger partial charge in [0.2, 0.25) is 0 Å². The van der Waals surface area contributed by atoms with Gasteiger partial charge in [0.05, 0.1) is 12.7 Å². The number of hydrogen-bond donors (Lipinski definition) is 0. The van der Waals surface area contributed by atoms with Crippen molar-refractivity contribution in [3.63, 3.8) is 0 Å². The zero-order valence-electron chi connectivity index (χ0n) is 23.6. The summed E-state index contributed by atoms with van der Waals surface area (Å²) in [5, 5.41) is 10.8. The van der Waals surface area contributed by atoms with Crippen LogP contribution in [-0.4, -0.2) is 23.7 Å². The molecular weight excluding hydrogens is 474 g/mol. The number of nitrogens with zero attached hydrogens (tertiary/aromatic N) is 1. The molecule has 5 nitrogen and oxygen atoms in total. The number of aryl methyl sites for hydroxylation is 1. The van der Waals surface area contributed by atoms with Gasteiger partial charge in [-0.25, -0.2) is 4.98 Å². The van der Waals surface area contributed by atoms with Gasteiger partial charge in [-0.1, -0.05) is 32.9 Å². The number of rotatable bonds is 8. The summed E-state index contributed by atoms with van der Waals surface area (Å²) in [6.45, 7) is 8.05.